The molecule has 0 spiro atoms. The van der Waals surface area contributed by atoms with E-state index in [0.717, 1.165) is 30.0 Å². The second-order valence-corrected chi connectivity index (χ2v) is 8.48. The summed E-state index contributed by atoms with van der Waals surface area (Å²) in [7, 11) is 0. The van der Waals surface area contributed by atoms with Crippen molar-refractivity contribution < 1.29 is 9.21 Å². The Labute approximate surface area is 165 Å². The number of fused-ring (bicyclic) bond motifs is 1. The van der Waals surface area contributed by atoms with Gasteiger partial charge in [-0.25, -0.2) is 4.98 Å². The summed E-state index contributed by atoms with van der Waals surface area (Å²) in [4.78, 5) is 16.8. The summed E-state index contributed by atoms with van der Waals surface area (Å²) in [6.45, 7) is 1.96. The zero-order valence-electron chi connectivity index (χ0n) is 15.0. The van der Waals surface area contributed by atoms with Crippen LogP contribution in [0.15, 0.2) is 39.3 Å². The largest absolute Gasteiger partial charge is 0.416 e. The Morgan fingerprint density at radius 1 is 1.37 bits per heavy atom. The van der Waals surface area contributed by atoms with Crippen molar-refractivity contribution in [2.75, 3.05) is 5.75 Å². The summed E-state index contributed by atoms with van der Waals surface area (Å²) >= 11 is 2.86. The molecule has 1 aliphatic rings. The normalized spacial score (nSPS) is 16.1. The van der Waals surface area contributed by atoms with Crippen molar-refractivity contribution in [3.8, 4) is 0 Å². The predicted molar refractivity (Wildman–Crippen MR) is 105 cm³/mol. The molecule has 0 bridgehead atoms. The lowest BCUT2D eigenvalue weighted by atomic mass is 9.88. The maximum Gasteiger partial charge on any atom is 0.277 e. The molecule has 1 aliphatic carbocycles. The number of aryl methyl sites for hydroxylation is 2. The van der Waals surface area contributed by atoms with E-state index >= 15 is 0 Å². The van der Waals surface area contributed by atoms with Crippen LogP contribution in [0.3, 0.4) is 0 Å². The van der Waals surface area contributed by atoms with Crippen LogP contribution in [0.4, 0.5) is 0 Å². The molecule has 1 unspecified atom stereocenters. The van der Waals surface area contributed by atoms with Crippen LogP contribution in [0.1, 0.15) is 46.6 Å². The molecule has 0 saturated carbocycles. The molecular weight excluding hydrogens is 380 g/mol. The van der Waals surface area contributed by atoms with Crippen molar-refractivity contribution in [1.82, 2.24) is 20.5 Å². The fourth-order valence-corrected chi connectivity index (χ4v) is 4.48. The smallest absolute Gasteiger partial charge is 0.277 e. The van der Waals surface area contributed by atoms with Gasteiger partial charge in [-0.2, -0.15) is 0 Å². The first-order valence-corrected chi connectivity index (χ1v) is 10.8. The van der Waals surface area contributed by atoms with Crippen LogP contribution in [0.25, 0.3) is 0 Å². The van der Waals surface area contributed by atoms with E-state index in [0.29, 0.717) is 17.5 Å². The fourth-order valence-electron chi connectivity index (χ4n) is 3.28. The number of thioether (sulfide) groups is 1. The first-order valence-electron chi connectivity index (χ1n) is 8.91. The molecule has 1 amide bonds. The molecular formula is C19H20N4O2S2. The highest BCUT2D eigenvalue weighted by Crippen LogP contribution is 2.29. The highest BCUT2D eigenvalue weighted by Gasteiger charge is 2.21. The van der Waals surface area contributed by atoms with Gasteiger partial charge >= 0.3 is 0 Å². The summed E-state index contributed by atoms with van der Waals surface area (Å²) in [6.07, 6.45) is 3.67. The number of hydrogen-bond acceptors (Lipinski definition) is 7. The minimum Gasteiger partial charge on any atom is -0.416 e. The Bertz CT molecular complexity index is 937. The minimum absolute atomic E-state index is 0.0171. The molecule has 140 valence electrons. The quantitative estimate of drug-likeness (QED) is 0.635. The number of benzene rings is 1. The van der Waals surface area contributed by atoms with Gasteiger partial charge in [0, 0.05) is 5.38 Å². The maximum absolute atomic E-state index is 12.4. The molecule has 4 rings (SSSR count). The number of aromatic nitrogens is 3. The van der Waals surface area contributed by atoms with E-state index in [4.69, 9.17) is 4.42 Å². The third-order valence-electron chi connectivity index (χ3n) is 4.48. The number of carbonyl (C=O) groups is 1. The van der Waals surface area contributed by atoms with Gasteiger partial charge in [0.2, 0.25) is 11.8 Å². The van der Waals surface area contributed by atoms with E-state index in [1.165, 1.54) is 22.9 Å². The van der Waals surface area contributed by atoms with Crippen molar-refractivity contribution in [2.24, 2.45) is 0 Å². The number of amides is 1. The molecule has 1 aromatic carbocycles. The van der Waals surface area contributed by atoms with Gasteiger partial charge in [0.25, 0.3) is 5.22 Å². The number of carbonyl (C=O) groups excluding carboxylic acids is 1. The molecule has 1 atom stereocenters. The van der Waals surface area contributed by atoms with Gasteiger partial charge in [0.05, 0.1) is 28.9 Å². The zero-order valence-corrected chi connectivity index (χ0v) is 16.6. The Morgan fingerprint density at radius 3 is 3.11 bits per heavy atom. The molecule has 8 heteroatoms. The topological polar surface area (TPSA) is 80.9 Å². The van der Waals surface area contributed by atoms with Gasteiger partial charge in [0.1, 0.15) is 0 Å². The molecule has 27 heavy (non-hydrogen) atoms. The predicted octanol–water partition coefficient (Wildman–Crippen LogP) is 3.71. The number of rotatable bonds is 6. The van der Waals surface area contributed by atoms with Crippen molar-refractivity contribution in [3.63, 3.8) is 0 Å². The lowest BCUT2D eigenvalue weighted by Gasteiger charge is -2.26. The molecule has 6 nitrogen and oxygen atoms in total. The van der Waals surface area contributed by atoms with E-state index in [2.05, 4.69) is 38.7 Å². The van der Waals surface area contributed by atoms with Gasteiger partial charge < -0.3 is 9.73 Å². The molecule has 0 aliphatic heterocycles. The molecule has 0 radical (unpaired) electrons. The lowest BCUT2D eigenvalue weighted by Crippen LogP contribution is -2.32. The lowest BCUT2D eigenvalue weighted by molar-refractivity contribution is -0.119. The van der Waals surface area contributed by atoms with Gasteiger partial charge in [-0.15, -0.1) is 21.5 Å². The number of thiazole rings is 1. The number of nitrogens with zero attached hydrogens (tertiary/aromatic N) is 3. The van der Waals surface area contributed by atoms with Crippen LogP contribution in [-0.4, -0.2) is 26.8 Å². The van der Waals surface area contributed by atoms with Crippen molar-refractivity contribution in [1.29, 1.82) is 0 Å². The minimum atomic E-state index is -0.0171. The van der Waals surface area contributed by atoms with Crippen molar-refractivity contribution in [2.45, 2.75) is 43.9 Å². The van der Waals surface area contributed by atoms with Crippen LogP contribution in [0.5, 0.6) is 0 Å². The number of nitrogens with one attached hydrogen (secondary N) is 1. The second kappa shape index (κ2) is 8.22. The SMILES string of the molecule is Cc1nc(Cc2nnc(SCC(=O)NC3CCCc4ccccc43)o2)cs1. The van der Waals surface area contributed by atoms with Crippen molar-refractivity contribution in [3.05, 3.63) is 57.4 Å². The van der Waals surface area contributed by atoms with Gasteiger partial charge in [-0.3, -0.25) is 4.79 Å². The zero-order chi connectivity index (χ0) is 18.6. The molecule has 3 aromatic rings. The fraction of sp³-hybridized carbons (Fsp3) is 0.368. The Kier molecular flexibility index (Phi) is 5.54. The van der Waals surface area contributed by atoms with E-state index in [-0.39, 0.29) is 17.7 Å². The summed E-state index contributed by atoms with van der Waals surface area (Å²) in [6, 6.07) is 8.43. The molecule has 0 saturated heterocycles. The Balaban J connectivity index is 1.30. The highest BCUT2D eigenvalue weighted by molar-refractivity contribution is 7.99. The maximum atomic E-state index is 12.4. The Morgan fingerprint density at radius 2 is 2.26 bits per heavy atom. The van der Waals surface area contributed by atoms with Crippen LogP contribution in [-0.2, 0) is 17.6 Å². The van der Waals surface area contributed by atoms with E-state index < -0.39 is 0 Å². The van der Waals surface area contributed by atoms with Gasteiger partial charge in [0.15, 0.2) is 0 Å². The first-order chi connectivity index (χ1) is 13.2. The summed E-state index contributed by atoms with van der Waals surface area (Å²) < 4.78 is 5.62. The summed E-state index contributed by atoms with van der Waals surface area (Å²) in [5.41, 5.74) is 3.49. The van der Waals surface area contributed by atoms with Crippen LogP contribution >= 0.6 is 23.1 Å². The molecule has 2 aromatic heterocycles. The van der Waals surface area contributed by atoms with E-state index in [1.807, 2.05) is 18.4 Å². The average Bonchev–Trinajstić information content (AvgIpc) is 3.29. The van der Waals surface area contributed by atoms with E-state index in [1.54, 1.807) is 11.3 Å². The summed E-state index contributed by atoms with van der Waals surface area (Å²) in [5.74, 6) is 0.761. The third kappa shape index (κ3) is 4.56. The molecule has 2 heterocycles. The molecule has 1 N–H and O–H groups in total. The van der Waals surface area contributed by atoms with Crippen molar-refractivity contribution >= 4 is 29.0 Å². The van der Waals surface area contributed by atoms with Crippen LogP contribution < -0.4 is 5.32 Å². The van der Waals surface area contributed by atoms with E-state index in [9.17, 15) is 4.79 Å². The molecule has 0 fully saturated rings. The first kappa shape index (κ1) is 18.2. The third-order valence-corrected chi connectivity index (χ3v) is 6.12. The monoisotopic (exact) mass is 400 g/mol. The highest BCUT2D eigenvalue weighted by atomic mass is 32.2. The Hall–Kier alpha value is -2.19. The second-order valence-electron chi connectivity index (χ2n) is 6.50. The average molecular weight is 401 g/mol. The standard InChI is InChI=1S/C19H20N4O2S2/c1-12-20-14(10-26-12)9-18-22-23-19(25-18)27-11-17(24)21-16-8-4-6-13-5-2-3-7-15(13)16/h2-3,5,7,10,16H,4,6,8-9,11H2,1H3,(H,21,24). The van der Waals surface area contributed by atoms with Crippen LogP contribution in [0.2, 0.25) is 0 Å². The number of hydrogen-bond donors (Lipinski definition) is 1. The summed E-state index contributed by atoms with van der Waals surface area (Å²) in [5, 5.41) is 14.6. The van der Waals surface area contributed by atoms with Crippen LogP contribution in [0, 0.1) is 6.92 Å². The van der Waals surface area contributed by atoms with Gasteiger partial charge in [-0.05, 0) is 37.3 Å². The van der Waals surface area contributed by atoms with Gasteiger partial charge in [-0.1, -0.05) is 36.0 Å².